The van der Waals surface area contributed by atoms with Crippen LogP contribution in [0, 0.1) is 0 Å². The lowest BCUT2D eigenvalue weighted by Crippen LogP contribution is -2.23. The zero-order valence-electron chi connectivity index (χ0n) is 17.4. The number of aromatic nitrogens is 2. The third-order valence-corrected chi connectivity index (χ3v) is 4.77. The summed E-state index contributed by atoms with van der Waals surface area (Å²) < 4.78 is 12.1. The van der Waals surface area contributed by atoms with Gasteiger partial charge < -0.3 is 14.8 Å². The number of rotatable bonds is 9. The Morgan fingerprint density at radius 3 is 2.61 bits per heavy atom. The predicted molar refractivity (Wildman–Crippen MR) is 121 cm³/mol. The van der Waals surface area contributed by atoms with Crippen LogP contribution in [0.4, 0.5) is 5.69 Å². The van der Waals surface area contributed by atoms with Gasteiger partial charge in [-0.3, -0.25) is 9.59 Å². The summed E-state index contributed by atoms with van der Waals surface area (Å²) >= 11 is 5.99. The molecule has 0 fully saturated rings. The Bertz CT molecular complexity index is 1100. The molecule has 162 valence electrons. The van der Waals surface area contributed by atoms with Crippen molar-refractivity contribution in [3.63, 3.8) is 0 Å². The van der Waals surface area contributed by atoms with E-state index in [2.05, 4.69) is 10.4 Å². The molecule has 1 aromatic heterocycles. The Morgan fingerprint density at radius 1 is 1.13 bits per heavy atom. The van der Waals surface area contributed by atoms with Gasteiger partial charge in [0.2, 0.25) is 5.91 Å². The number of amides is 1. The first-order chi connectivity index (χ1) is 15.0. The molecule has 0 radical (unpaired) electrons. The standard InChI is InChI=1S/C23H24ClN3O4/c1-3-31-18-9-6-16(7-10-18)19-11-13-23(29)27(26-19)14-4-5-22(28)25-20-15-17(24)8-12-21(20)30-2/h6-13,15H,3-5,14H2,1-2H3,(H,25,28). The first kappa shape index (κ1) is 22.4. The van der Waals surface area contributed by atoms with Gasteiger partial charge >= 0.3 is 0 Å². The van der Waals surface area contributed by atoms with E-state index in [1.54, 1.807) is 24.3 Å². The third kappa shape index (κ3) is 6.08. The Balaban J connectivity index is 1.61. The topological polar surface area (TPSA) is 82.5 Å². The van der Waals surface area contributed by atoms with E-state index in [-0.39, 0.29) is 17.9 Å². The SMILES string of the molecule is CCOc1ccc(-c2ccc(=O)n(CCCC(=O)Nc3cc(Cl)ccc3OC)n2)cc1. The summed E-state index contributed by atoms with van der Waals surface area (Å²) in [5, 5.41) is 7.72. The monoisotopic (exact) mass is 441 g/mol. The highest BCUT2D eigenvalue weighted by molar-refractivity contribution is 6.31. The first-order valence-corrected chi connectivity index (χ1v) is 10.3. The van der Waals surface area contributed by atoms with E-state index in [1.165, 1.54) is 17.9 Å². The van der Waals surface area contributed by atoms with Crippen LogP contribution in [-0.4, -0.2) is 29.4 Å². The van der Waals surface area contributed by atoms with Crippen molar-refractivity contribution in [3.05, 3.63) is 70.0 Å². The highest BCUT2D eigenvalue weighted by atomic mass is 35.5. The van der Waals surface area contributed by atoms with Crippen LogP contribution in [0.2, 0.25) is 5.02 Å². The fraction of sp³-hybridized carbons (Fsp3) is 0.261. The molecule has 8 heteroatoms. The van der Waals surface area contributed by atoms with Crippen molar-refractivity contribution in [2.24, 2.45) is 0 Å². The molecule has 1 heterocycles. The second-order valence-electron chi connectivity index (χ2n) is 6.73. The maximum atomic E-state index is 12.3. The van der Waals surface area contributed by atoms with E-state index in [0.717, 1.165) is 11.3 Å². The average molecular weight is 442 g/mol. The van der Waals surface area contributed by atoms with Crippen molar-refractivity contribution in [2.75, 3.05) is 19.0 Å². The fourth-order valence-electron chi connectivity index (χ4n) is 3.03. The number of carbonyl (C=O) groups is 1. The Morgan fingerprint density at radius 2 is 1.90 bits per heavy atom. The van der Waals surface area contributed by atoms with Gasteiger partial charge in [0.25, 0.3) is 5.56 Å². The number of methoxy groups -OCH3 is 1. The molecular weight excluding hydrogens is 418 g/mol. The molecule has 1 amide bonds. The second kappa shape index (κ2) is 10.6. The van der Waals surface area contributed by atoms with Crippen molar-refractivity contribution >= 4 is 23.2 Å². The van der Waals surface area contributed by atoms with Crippen molar-refractivity contribution < 1.29 is 14.3 Å². The zero-order chi connectivity index (χ0) is 22.2. The van der Waals surface area contributed by atoms with Gasteiger partial charge in [-0.25, -0.2) is 4.68 Å². The number of halogens is 1. The lowest BCUT2D eigenvalue weighted by molar-refractivity contribution is -0.116. The number of hydrogen-bond donors (Lipinski definition) is 1. The van der Waals surface area contributed by atoms with Gasteiger partial charge in [0, 0.05) is 29.6 Å². The van der Waals surface area contributed by atoms with Crippen LogP contribution in [0.5, 0.6) is 11.5 Å². The van der Waals surface area contributed by atoms with Gasteiger partial charge in [-0.1, -0.05) is 11.6 Å². The predicted octanol–water partition coefficient (Wildman–Crippen LogP) is 4.39. The van der Waals surface area contributed by atoms with Crippen LogP contribution in [0.3, 0.4) is 0 Å². The molecule has 1 N–H and O–H groups in total. The Labute approximate surface area is 185 Å². The van der Waals surface area contributed by atoms with Crippen LogP contribution in [-0.2, 0) is 11.3 Å². The van der Waals surface area contributed by atoms with Gasteiger partial charge in [0.1, 0.15) is 11.5 Å². The van der Waals surface area contributed by atoms with E-state index in [4.69, 9.17) is 21.1 Å². The lowest BCUT2D eigenvalue weighted by atomic mass is 10.1. The van der Waals surface area contributed by atoms with Gasteiger partial charge in [0.05, 0.1) is 25.1 Å². The molecule has 0 aliphatic heterocycles. The van der Waals surface area contributed by atoms with Crippen LogP contribution in [0.15, 0.2) is 59.4 Å². The molecular formula is C23H24ClN3O4. The van der Waals surface area contributed by atoms with Crippen LogP contribution >= 0.6 is 11.6 Å². The minimum Gasteiger partial charge on any atom is -0.495 e. The highest BCUT2D eigenvalue weighted by Crippen LogP contribution is 2.27. The summed E-state index contributed by atoms with van der Waals surface area (Å²) in [6, 6.07) is 15.7. The minimum absolute atomic E-state index is 0.198. The molecule has 0 saturated carbocycles. The van der Waals surface area contributed by atoms with Crippen LogP contribution in [0.25, 0.3) is 11.3 Å². The first-order valence-electron chi connectivity index (χ1n) is 9.95. The molecule has 0 aliphatic rings. The smallest absolute Gasteiger partial charge is 0.266 e. The number of ether oxygens (including phenoxy) is 2. The number of aryl methyl sites for hydroxylation is 1. The normalized spacial score (nSPS) is 10.5. The molecule has 0 saturated heterocycles. The number of anilines is 1. The second-order valence-corrected chi connectivity index (χ2v) is 7.17. The van der Waals surface area contributed by atoms with Gasteiger partial charge in [-0.15, -0.1) is 0 Å². The van der Waals surface area contributed by atoms with Crippen LogP contribution in [0.1, 0.15) is 19.8 Å². The summed E-state index contributed by atoms with van der Waals surface area (Å²) in [4.78, 5) is 24.5. The van der Waals surface area contributed by atoms with E-state index >= 15 is 0 Å². The molecule has 0 aliphatic carbocycles. The number of nitrogens with zero attached hydrogens (tertiary/aromatic N) is 2. The van der Waals surface area contributed by atoms with Crippen LogP contribution < -0.4 is 20.3 Å². The van der Waals surface area contributed by atoms with Gasteiger partial charge in [-0.05, 0) is 61.9 Å². The molecule has 31 heavy (non-hydrogen) atoms. The summed E-state index contributed by atoms with van der Waals surface area (Å²) in [5.41, 5.74) is 1.85. The Kier molecular flexibility index (Phi) is 7.67. The third-order valence-electron chi connectivity index (χ3n) is 4.54. The molecule has 3 rings (SSSR count). The average Bonchev–Trinajstić information content (AvgIpc) is 2.76. The molecule has 0 unspecified atom stereocenters. The summed E-state index contributed by atoms with van der Waals surface area (Å²) in [5.74, 6) is 1.11. The van der Waals surface area contributed by atoms with Crippen molar-refractivity contribution in [3.8, 4) is 22.8 Å². The number of hydrogen-bond acceptors (Lipinski definition) is 5. The molecule has 2 aromatic carbocycles. The van der Waals surface area contributed by atoms with Gasteiger partial charge in [-0.2, -0.15) is 5.10 Å². The molecule has 0 atom stereocenters. The Hall–Kier alpha value is -3.32. The maximum absolute atomic E-state index is 12.3. The molecule has 0 bridgehead atoms. The molecule has 0 spiro atoms. The van der Waals surface area contributed by atoms with Gasteiger partial charge in [0.15, 0.2) is 0 Å². The maximum Gasteiger partial charge on any atom is 0.266 e. The highest BCUT2D eigenvalue weighted by Gasteiger charge is 2.10. The quantitative estimate of drug-likeness (QED) is 0.532. The summed E-state index contributed by atoms with van der Waals surface area (Å²) in [7, 11) is 1.52. The number of carbonyl (C=O) groups excluding carboxylic acids is 1. The van der Waals surface area contributed by atoms with E-state index in [0.29, 0.717) is 41.7 Å². The van der Waals surface area contributed by atoms with Crippen molar-refractivity contribution in [1.29, 1.82) is 0 Å². The zero-order valence-corrected chi connectivity index (χ0v) is 18.2. The van der Waals surface area contributed by atoms with E-state index in [9.17, 15) is 9.59 Å². The largest absolute Gasteiger partial charge is 0.495 e. The number of nitrogens with one attached hydrogen (secondary N) is 1. The van der Waals surface area contributed by atoms with Crippen molar-refractivity contribution in [1.82, 2.24) is 9.78 Å². The van der Waals surface area contributed by atoms with E-state index in [1.807, 2.05) is 31.2 Å². The summed E-state index contributed by atoms with van der Waals surface area (Å²) in [6.07, 6.45) is 0.672. The summed E-state index contributed by atoms with van der Waals surface area (Å²) in [6.45, 7) is 2.85. The van der Waals surface area contributed by atoms with E-state index < -0.39 is 0 Å². The molecule has 3 aromatic rings. The number of benzene rings is 2. The van der Waals surface area contributed by atoms with Crippen molar-refractivity contribution in [2.45, 2.75) is 26.3 Å². The molecule has 7 nitrogen and oxygen atoms in total. The minimum atomic E-state index is -0.216. The fourth-order valence-corrected chi connectivity index (χ4v) is 3.20. The lowest BCUT2D eigenvalue weighted by Gasteiger charge is -2.11.